The second kappa shape index (κ2) is 9.15. The maximum atomic E-state index is 12.7. The van der Waals surface area contributed by atoms with Gasteiger partial charge in [0.25, 0.3) is 11.8 Å². The number of benzene rings is 2. The number of amides is 2. The molecule has 180 valence electrons. The highest BCUT2D eigenvalue weighted by molar-refractivity contribution is 6.04. The Hall–Kier alpha value is -3.71. The van der Waals surface area contributed by atoms with Gasteiger partial charge >= 0.3 is 0 Å². The van der Waals surface area contributed by atoms with E-state index in [0.717, 1.165) is 40.8 Å². The first-order chi connectivity index (χ1) is 16.8. The van der Waals surface area contributed by atoms with Crippen LogP contribution in [0.1, 0.15) is 54.1 Å². The number of ether oxygens (including phenoxy) is 2. The Morgan fingerprint density at radius 2 is 1.83 bits per heavy atom. The molecule has 3 heterocycles. The number of hydrogen-bond donors (Lipinski definition) is 2. The van der Waals surface area contributed by atoms with E-state index in [9.17, 15) is 9.59 Å². The smallest absolute Gasteiger partial charge is 0.268 e. The minimum atomic E-state index is -0.943. The third kappa shape index (κ3) is 4.64. The summed E-state index contributed by atoms with van der Waals surface area (Å²) in [4.78, 5) is 29.3. The first-order valence-corrected chi connectivity index (χ1v) is 11.9. The highest BCUT2D eigenvalue weighted by Crippen LogP contribution is 2.46. The number of hydrogen-bond acceptors (Lipinski definition) is 5. The molecule has 1 aromatic heterocycles. The maximum Gasteiger partial charge on any atom is 0.268 e. The Labute approximate surface area is 204 Å². The molecule has 2 amide bonds. The molecule has 2 aliphatic rings. The molecular weight excluding hydrogens is 442 g/mol. The molecule has 3 aromatic rings. The Bertz CT molecular complexity index is 1280. The van der Waals surface area contributed by atoms with Crippen molar-refractivity contribution in [2.75, 3.05) is 23.8 Å². The van der Waals surface area contributed by atoms with Gasteiger partial charge in [-0.3, -0.25) is 14.6 Å². The van der Waals surface area contributed by atoms with Gasteiger partial charge in [-0.25, -0.2) is 0 Å². The van der Waals surface area contributed by atoms with Crippen molar-refractivity contribution in [3.05, 3.63) is 71.5 Å². The number of aromatic nitrogens is 1. The number of rotatable bonds is 4. The Kier molecular flexibility index (Phi) is 6.03. The van der Waals surface area contributed by atoms with Crippen LogP contribution in [0.5, 0.6) is 5.75 Å². The summed E-state index contributed by atoms with van der Waals surface area (Å²) < 4.78 is 11.8. The molecule has 0 atom stereocenters. The van der Waals surface area contributed by atoms with E-state index in [1.807, 2.05) is 31.2 Å². The number of fused-ring (bicyclic) bond motifs is 1. The topological polar surface area (TPSA) is 89.6 Å². The summed E-state index contributed by atoms with van der Waals surface area (Å²) in [5, 5.41) is 6.03. The van der Waals surface area contributed by atoms with Gasteiger partial charge in [-0.2, -0.15) is 0 Å². The van der Waals surface area contributed by atoms with Gasteiger partial charge in [0.1, 0.15) is 5.75 Å². The molecule has 2 N–H and O–H groups in total. The van der Waals surface area contributed by atoms with Crippen LogP contribution in [-0.4, -0.2) is 35.6 Å². The van der Waals surface area contributed by atoms with Crippen LogP contribution in [0.25, 0.3) is 11.1 Å². The second-order valence-corrected chi connectivity index (χ2v) is 9.62. The molecule has 0 aliphatic carbocycles. The molecule has 0 bridgehead atoms. The molecule has 0 unspecified atom stereocenters. The van der Waals surface area contributed by atoms with E-state index >= 15 is 0 Å². The van der Waals surface area contributed by atoms with E-state index in [1.54, 1.807) is 38.4 Å². The quantitative estimate of drug-likeness (QED) is 0.538. The zero-order valence-corrected chi connectivity index (χ0v) is 20.2. The second-order valence-electron chi connectivity index (χ2n) is 9.62. The van der Waals surface area contributed by atoms with Gasteiger partial charge in [0.2, 0.25) is 0 Å². The summed E-state index contributed by atoms with van der Waals surface area (Å²) in [6.07, 6.45) is 4.99. The van der Waals surface area contributed by atoms with E-state index in [2.05, 4.69) is 21.7 Å². The molecule has 0 radical (unpaired) electrons. The molecule has 35 heavy (non-hydrogen) atoms. The summed E-state index contributed by atoms with van der Waals surface area (Å²) in [6, 6.07) is 13.3. The Balaban J connectivity index is 1.55. The van der Waals surface area contributed by atoms with Crippen molar-refractivity contribution in [1.29, 1.82) is 0 Å². The number of anilines is 2. The first kappa shape index (κ1) is 23.1. The van der Waals surface area contributed by atoms with Crippen LogP contribution in [0.4, 0.5) is 11.4 Å². The Morgan fingerprint density at radius 3 is 2.57 bits per heavy atom. The van der Waals surface area contributed by atoms with Crippen LogP contribution >= 0.6 is 0 Å². The molecule has 7 heteroatoms. The van der Waals surface area contributed by atoms with Crippen molar-refractivity contribution in [3.63, 3.8) is 0 Å². The number of pyridine rings is 1. The lowest BCUT2D eigenvalue weighted by molar-refractivity contribution is -0.129. The normalized spacial score (nSPS) is 17.2. The maximum absolute atomic E-state index is 12.7. The van der Waals surface area contributed by atoms with Crippen molar-refractivity contribution < 1.29 is 19.1 Å². The monoisotopic (exact) mass is 471 g/mol. The third-order valence-electron chi connectivity index (χ3n) is 6.68. The van der Waals surface area contributed by atoms with Gasteiger partial charge < -0.3 is 20.1 Å². The van der Waals surface area contributed by atoms with E-state index in [1.165, 1.54) is 0 Å². The number of carbonyl (C=O) groups is 2. The predicted octanol–water partition coefficient (Wildman–Crippen LogP) is 5.31. The molecule has 7 nitrogen and oxygen atoms in total. The van der Waals surface area contributed by atoms with Gasteiger partial charge in [0.05, 0.1) is 5.69 Å². The van der Waals surface area contributed by atoms with Gasteiger partial charge in [0, 0.05) is 42.4 Å². The third-order valence-corrected chi connectivity index (χ3v) is 6.68. The first-order valence-electron chi connectivity index (χ1n) is 11.9. The zero-order chi connectivity index (χ0) is 24.6. The fraction of sp³-hybridized carbons (Fsp3) is 0.321. The van der Waals surface area contributed by atoms with Gasteiger partial charge in [-0.05, 0) is 92.6 Å². The van der Waals surface area contributed by atoms with Gasteiger partial charge in [0.15, 0.2) is 5.60 Å². The fourth-order valence-corrected chi connectivity index (χ4v) is 4.62. The van der Waals surface area contributed by atoms with Crippen LogP contribution in [0.2, 0.25) is 0 Å². The summed E-state index contributed by atoms with van der Waals surface area (Å²) in [5.41, 5.74) is 5.06. The molecule has 0 saturated carbocycles. The summed E-state index contributed by atoms with van der Waals surface area (Å²) in [7, 11) is 0. The van der Waals surface area contributed by atoms with E-state index in [0.29, 0.717) is 30.2 Å². The molecule has 0 spiro atoms. The van der Waals surface area contributed by atoms with Crippen LogP contribution < -0.4 is 15.4 Å². The number of nitrogens with one attached hydrogen (secondary N) is 2. The molecule has 2 aliphatic heterocycles. The minimum Gasteiger partial charge on any atom is -0.476 e. The van der Waals surface area contributed by atoms with Crippen molar-refractivity contribution in [2.24, 2.45) is 0 Å². The van der Waals surface area contributed by atoms with Crippen LogP contribution in [0, 0.1) is 6.92 Å². The van der Waals surface area contributed by atoms with Crippen molar-refractivity contribution in [3.8, 4) is 16.9 Å². The SMILES string of the molecule is Cc1ccc(NC(=O)c2ccncc2)cc1-c1cc2c(c(C3CCOCC3)c1)OC(C)(C)C(=O)N2. The number of carbonyl (C=O) groups excluding carboxylic acids is 2. The van der Waals surface area contributed by atoms with Crippen molar-refractivity contribution in [1.82, 2.24) is 4.98 Å². The molecular formula is C28H29N3O4. The van der Waals surface area contributed by atoms with E-state index in [4.69, 9.17) is 9.47 Å². The van der Waals surface area contributed by atoms with Crippen LogP contribution in [-0.2, 0) is 9.53 Å². The van der Waals surface area contributed by atoms with Crippen molar-refractivity contribution in [2.45, 2.75) is 45.1 Å². The van der Waals surface area contributed by atoms with Crippen LogP contribution in [0.15, 0.2) is 54.9 Å². The molecule has 1 fully saturated rings. The zero-order valence-electron chi connectivity index (χ0n) is 20.2. The fourth-order valence-electron chi connectivity index (χ4n) is 4.62. The highest BCUT2D eigenvalue weighted by Gasteiger charge is 2.38. The standard InChI is InChI=1S/C28H29N3O4/c1-17-4-5-21(30-26(32)19-6-10-29-11-7-19)16-22(17)20-14-23(18-8-12-34-13-9-18)25-24(15-20)31-27(33)28(2,3)35-25/h4-7,10-11,14-16,18H,8-9,12-13H2,1-3H3,(H,30,32)(H,31,33). The van der Waals surface area contributed by atoms with Gasteiger partial charge in [-0.15, -0.1) is 0 Å². The summed E-state index contributed by atoms with van der Waals surface area (Å²) in [5.74, 6) is 0.650. The lowest BCUT2D eigenvalue weighted by Gasteiger charge is -2.35. The summed E-state index contributed by atoms with van der Waals surface area (Å²) in [6.45, 7) is 7.01. The molecule has 5 rings (SSSR count). The van der Waals surface area contributed by atoms with E-state index in [-0.39, 0.29) is 17.7 Å². The van der Waals surface area contributed by atoms with E-state index < -0.39 is 5.60 Å². The molecule has 1 saturated heterocycles. The number of aryl methyl sites for hydroxylation is 1. The average molecular weight is 472 g/mol. The predicted molar refractivity (Wildman–Crippen MR) is 135 cm³/mol. The largest absolute Gasteiger partial charge is 0.476 e. The summed E-state index contributed by atoms with van der Waals surface area (Å²) >= 11 is 0. The van der Waals surface area contributed by atoms with Gasteiger partial charge in [-0.1, -0.05) is 6.07 Å². The lowest BCUT2D eigenvalue weighted by Crippen LogP contribution is -2.46. The van der Waals surface area contributed by atoms with Crippen LogP contribution in [0.3, 0.4) is 0 Å². The number of nitrogens with zero attached hydrogens (tertiary/aromatic N) is 1. The average Bonchev–Trinajstić information content (AvgIpc) is 2.86. The lowest BCUT2D eigenvalue weighted by atomic mass is 9.86. The Morgan fingerprint density at radius 1 is 1.09 bits per heavy atom. The van der Waals surface area contributed by atoms with Crippen molar-refractivity contribution >= 4 is 23.2 Å². The highest BCUT2D eigenvalue weighted by atomic mass is 16.5. The molecule has 2 aromatic carbocycles. The minimum absolute atomic E-state index is 0.171.